The first-order valence-corrected chi connectivity index (χ1v) is 5.96. The Morgan fingerprint density at radius 1 is 1.00 bits per heavy atom. The topological polar surface area (TPSA) is 26.3 Å². The molecular weight excluding hydrogens is 236 g/mol. The van der Waals surface area contributed by atoms with Gasteiger partial charge >= 0.3 is 0 Å². The van der Waals surface area contributed by atoms with E-state index in [9.17, 15) is 4.79 Å². The van der Waals surface area contributed by atoms with E-state index in [1.165, 1.54) is 0 Å². The van der Waals surface area contributed by atoms with Crippen LogP contribution in [0.1, 0.15) is 28.4 Å². The molecule has 0 amide bonds. The summed E-state index contributed by atoms with van der Waals surface area (Å²) in [5, 5.41) is 0. The van der Waals surface area contributed by atoms with Crippen molar-refractivity contribution in [2.24, 2.45) is 0 Å². The van der Waals surface area contributed by atoms with E-state index in [1.54, 1.807) is 26.2 Å². The Labute approximate surface area is 113 Å². The molecule has 0 aliphatic carbocycles. The van der Waals surface area contributed by atoms with E-state index in [0.29, 0.717) is 5.56 Å². The van der Waals surface area contributed by atoms with Gasteiger partial charge in [0.2, 0.25) is 0 Å². The molecule has 2 rings (SSSR count). The van der Waals surface area contributed by atoms with Crippen molar-refractivity contribution in [3.63, 3.8) is 0 Å². The molecular formula is C17H14O2. The molecule has 0 bridgehead atoms. The zero-order valence-electron chi connectivity index (χ0n) is 10.9. The molecule has 2 aromatic carbocycles. The van der Waals surface area contributed by atoms with Crippen LogP contribution in [0, 0.1) is 11.8 Å². The third kappa shape index (κ3) is 3.46. The Kier molecular flexibility index (Phi) is 4.00. The monoisotopic (exact) mass is 250 g/mol. The second-order valence-corrected chi connectivity index (χ2v) is 4.12. The summed E-state index contributed by atoms with van der Waals surface area (Å²) in [6, 6.07) is 14.9. The molecule has 0 unspecified atom stereocenters. The van der Waals surface area contributed by atoms with Crippen LogP contribution in [0.15, 0.2) is 48.5 Å². The van der Waals surface area contributed by atoms with Crippen LogP contribution >= 0.6 is 0 Å². The first-order valence-electron chi connectivity index (χ1n) is 5.96. The lowest BCUT2D eigenvalue weighted by Crippen LogP contribution is -1.91. The Balaban J connectivity index is 2.23. The predicted octanol–water partition coefficient (Wildman–Crippen LogP) is 3.30. The minimum Gasteiger partial charge on any atom is -0.497 e. The van der Waals surface area contributed by atoms with Crippen LogP contribution in [-0.2, 0) is 0 Å². The number of ketones is 1. The second kappa shape index (κ2) is 5.88. The van der Waals surface area contributed by atoms with Gasteiger partial charge in [-0.1, -0.05) is 24.0 Å². The summed E-state index contributed by atoms with van der Waals surface area (Å²) in [5.74, 6) is 6.97. The molecule has 2 heteroatoms. The number of carbonyl (C=O) groups excluding carboxylic acids is 1. The quantitative estimate of drug-likeness (QED) is 0.604. The summed E-state index contributed by atoms with van der Waals surface area (Å²) in [5.41, 5.74) is 2.43. The second-order valence-electron chi connectivity index (χ2n) is 4.12. The van der Waals surface area contributed by atoms with Gasteiger partial charge in [-0.25, -0.2) is 0 Å². The van der Waals surface area contributed by atoms with Crippen LogP contribution in [-0.4, -0.2) is 12.9 Å². The third-order valence-corrected chi connectivity index (χ3v) is 2.71. The fraction of sp³-hybridized carbons (Fsp3) is 0.118. The van der Waals surface area contributed by atoms with Crippen molar-refractivity contribution in [2.45, 2.75) is 6.92 Å². The average molecular weight is 250 g/mol. The van der Waals surface area contributed by atoms with Crippen molar-refractivity contribution in [1.29, 1.82) is 0 Å². The van der Waals surface area contributed by atoms with Gasteiger partial charge in [0.25, 0.3) is 0 Å². The standard InChI is InChI=1S/C17H14O2/c1-13(18)16-5-3-4-15(12-16)7-6-14-8-10-17(19-2)11-9-14/h3-5,8-12H,1-2H3. The van der Waals surface area contributed by atoms with E-state index in [-0.39, 0.29) is 5.78 Å². The molecule has 0 heterocycles. The first kappa shape index (κ1) is 12.9. The van der Waals surface area contributed by atoms with Crippen molar-refractivity contribution >= 4 is 5.78 Å². The molecule has 0 saturated carbocycles. The predicted molar refractivity (Wildman–Crippen MR) is 75.4 cm³/mol. The summed E-state index contributed by atoms with van der Waals surface area (Å²) in [6.07, 6.45) is 0. The fourth-order valence-corrected chi connectivity index (χ4v) is 1.63. The van der Waals surface area contributed by atoms with Gasteiger partial charge in [-0.15, -0.1) is 0 Å². The number of Topliss-reactive ketones (excluding diaryl/α,β-unsaturated/α-hetero) is 1. The summed E-state index contributed by atoms with van der Waals surface area (Å²) in [6.45, 7) is 1.55. The lowest BCUT2D eigenvalue weighted by atomic mass is 10.1. The highest BCUT2D eigenvalue weighted by Crippen LogP contribution is 2.10. The highest BCUT2D eigenvalue weighted by Gasteiger charge is 1.98. The molecule has 2 aromatic rings. The van der Waals surface area contributed by atoms with E-state index in [4.69, 9.17) is 4.74 Å². The maximum Gasteiger partial charge on any atom is 0.159 e. The zero-order chi connectivity index (χ0) is 13.7. The lowest BCUT2D eigenvalue weighted by molar-refractivity contribution is 0.101. The molecule has 0 aliphatic rings. The molecule has 0 radical (unpaired) electrons. The molecule has 19 heavy (non-hydrogen) atoms. The molecule has 0 atom stereocenters. The molecule has 2 nitrogen and oxygen atoms in total. The number of hydrogen-bond donors (Lipinski definition) is 0. The van der Waals surface area contributed by atoms with Crippen LogP contribution in [0.2, 0.25) is 0 Å². The van der Waals surface area contributed by atoms with Crippen LogP contribution < -0.4 is 4.74 Å². The Bertz CT molecular complexity index is 643. The van der Waals surface area contributed by atoms with Gasteiger partial charge < -0.3 is 4.74 Å². The van der Waals surface area contributed by atoms with Gasteiger partial charge in [-0.3, -0.25) is 4.79 Å². The maximum absolute atomic E-state index is 11.3. The first-order chi connectivity index (χ1) is 9.19. The SMILES string of the molecule is COc1ccc(C#Cc2cccc(C(C)=O)c2)cc1. The van der Waals surface area contributed by atoms with Gasteiger partial charge in [0.15, 0.2) is 5.78 Å². The Hall–Kier alpha value is -2.53. The van der Waals surface area contributed by atoms with Crippen molar-refractivity contribution in [3.8, 4) is 17.6 Å². The fourth-order valence-electron chi connectivity index (χ4n) is 1.63. The van der Waals surface area contributed by atoms with Gasteiger partial charge in [-0.05, 0) is 43.3 Å². The van der Waals surface area contributed by atoms with E-state index in [0.717, 1.165) is 16.9 Å². The van der Waals surface area contributed by atoms with Gasteiger partial charge in [-0.2, -0.15) is 0 Å². The molecule has 0 fully saturated rings. The molecule has 94 valence electrons. The van der Waals surface area contributed by atoms with Crippen molar-refractivity contribution < 1.29 is 9.53 Å². The third-order valence-electron chi connectivity index (χ3n) is 2.71. The molecule has 0 aromatic heterocycles. The number of rotatable bonds is 2. The Morgan fingerprint density at radius 2 is 1.68 bits per heavy atom. The van der Waals surface area contributed by atoms with Gasteiger partial charge in [0, 0.05) is 16.7 Å². The lowest BCUT2D eigenvalue weighted by Gasteiger charge is -1.98. The maximum atomic E-state index is 11.3. The van der Waals surface area contributed by atoms with E-state index >= 15 is 0 Å². The highest BCUT2D eigenvalue weighted by molar-refractivity contribution is 5.94. The van der Waals surface area contributed by atoms with Crippen LogP contribution in [0.5, 0.6) is 5.75 Å². The number of carbonyl (C=O) groups is 1. The molecule has 0 aliphatic heterocycles. The summed E-state index contributed by atoms with van der Waals surface area (Å²) in [7, 11) is 1.63. The van der Waals surface area contributed by atoms with Crippen molar-refractivity contribution in [1.82, 2.24) is 0 Å². The van der Waals surface area contributed by atoms with E-state index < -0.39 is 0 Å². The van der Waals surface area contributed by atoms with Crippen LogP contribution in [0.3, 0.4) is 0 Å². The van der Waals surface area contributed by atoms with Gasteiger partial charge in [0.05, 0.1) is 7.11 Å². The smallest absolute Gasteiger partial charge is 0.159 e. The van der Waals surface area contributed by atoms with E-state index in [2.05, 4.69) is 11.8 Å². The normalized spacial score (nSPS) is 9.37. The average Bonchev–Trinajstić information content (AvgIpc) is 2.46. The number of ether oxygens (including phenoxy) is 1. The number of methoxy groups -OCH3 is 1. The van der Waals surface area contributed by atoms with Crippen LogP contribution in [0.4, 0.5) is 0 Å². The molecule has 0 spiro atoms. The summed E-state index contributed by atoms with van der Waals surface area (Å²) < 4.78 is 5.09. The summed E-state index contributed by atoms with van der Waals surface area (Å²) in [4.78, 5) is 11.3. The molecule has 0 N–H and O–H groups in total. The number of hydrogen-bond acceptors (Lipinski definition) is 2. The minimum absolute atomic E-state index is 0.0492. The number of benzene rings is 2. The van der Waals surface area contributed by atoms with Crippen LogP contribution in [0.25, 0.3) is 0 Å². The summed E-state index contributed by atoms with van der Waals surface area (Å²) >= 11 is 0. The van der Waals surface area contributed by atoms with Gasteiger partial charge in [0.1, 0.15) is 5.75 Å². The highest BCUT2D eigenvalue weighted by atomic mass is 16.5. The Morgan fingerprint density at radius 3 is 2.32 bits per heavy atom. The zero-order valence-corrected chi connectivity index (χ0v) is 10.9. The van der Waals surface area contributed by atoms with E-state index in [1.807, 2.05) is 36.4 Å². The van der Waals surface area contributed by atoms with Crippen molar-refractivity contribution in [3.05, 3.63) is 65.2 Å². The van der Waals surface area contributed by atoms with Crippen molar-refractivity contribution in [2.75, 3.05) is 7.11 Å². The minimum atomic E-state index is 0.0492. The molecule has 0 saturated heterocycles. The largest absolute Gasteiger partial charge is 0.497 e.